The van der Waals surface area contributed by atoms with Gasteiger partial charge in [0.05, 0.1) is 12.0 Å². The van der Waals surface area contributed by atoms with E-state index in [-0.39, 0.29) is 6.61 Å². The topological polar surface area (TPSA) is 116 Å². The molecule has 1 atom stereocenters. The number of phosphoric ester groups is 1. The van der Waals surface area contributed by atoms with Crippen molar-refractivity contribution in [3.05, 3.63) is 54.0 Å². The lowest BCUT2D eigenvalue weighted by molar-refractivity contribution is -0.138. The minimum atomic E-state index is -4.86. The molecule has 0 radical (unpaired) electrons. The Balaban J connectivity index is 2.54. The molecule has 0 aromatic heterocycles. The smallest absolute Gasteiger partial charge is 0.460 e. The van der Waals surface area contributed by atoms with E-state index in [0.717, 1.165) is 6.08 Å². The van der Waals surface area contributed by atoms with Crippen LogP contribution in [0.3, 0.4) is 0 Å². The number of phosphoric acid groups is 1. The summed E-state index contributed by atoms with van der Waals surface area (Å²) in [5.74, 6) is -0.749. The number of esters is 1. The van der Waals surface area contributed by atoms with Gasteiger partial charge in [0, 0.05) is 6.08 Å². The van der Waals surface area contributed by atoms with Crippen LogP contribution in [0.15, 0.2) is 48.4 Å². The first-order valence-electron chi connectivity index (χ1n) is 6.20. The summed E-state index contributed by atoms with van der Waals surface area (Å²) in [4.78, 5) is 20.0. The van der Waals surface area contributed by atoms with Crippen molar-refractivity contribution >= 4 is 30.0 Å². The normalized spacial score (nSPS) is 14.3. The molecule has 1 aromatic rings. The summed E-state index contributed by atoms with van der Waals surface area (Å²) in [6, 6.07) is 8.40. The lowest BCUT2D eigenvalue weighted by Crippen LogP contribution is -2.09. The van der Waals surface area contributed by atoms with E-state index in [1.807, 2.05) is 0 Å². The number of carbonyl (C=O) groups excluding carboxylic acids is 1. The maximum absolute atomic E-state index is 11.6. The maximum Gasteiger partial charge on any atom is 0.487 e. The number of rotatable bonds is 9. The average molecular weight is 362 g/mol. The van der Waals surface area contributed by atoms with E-state index in [1.54, 1.807) is 30.3 Å². The highest BCUT2D eigenvalue weighted by atomic mass is 32.2. The summed E-state index contributed by atoms with van der Waals surface area (Å²) in [6.07, 6.45) is 2.09. The highest BCUT2D eigenvalue weighted by molar-refractivity contribution is 7.93. The van der Waals surface area contributed by atoms with Crippen molar-refractivity contribution in [1.82, 2.24) is 0 Å². The molecule has 0 bridgehead atoms. The Bertz CT molecular complexity index is 711. The zero-order valence-corrected chi connectivity index (χ0v) is 13.6. The highest BCUT2D eigenvalue weighted by Crippen LogP contribution is 2.45. The predicted octanol–water partition coefficient (Wildman–Crippen LogP) is 1.85. The molecule has 0 fully saturated rings. The molecule has 1 rings (SSSR count). The van der Waals surface area contributed by atoms with Crippen LogP contribution in [0.25, 0.3) is 6.08 Å². The molecular weight excluding hydrogens is 347 g/mol. The van der Waals surface area contributed by atoms with Gasteiger partial charge in [-0.25, -0.2) is 9.36 Å². The van der Waals surface area contributed by atoms with Crippen LogP contribution in [0.2, 0.25) is 0 Å². The molecule has 0 aliphatic carbocycles. The van der Waals surface area contributed by atoms with Crippen molar-refractivity contribution in [1.29, 1.82) is 0 Å². The maximum atomic E-state index is 11.6. The van der Waals surface area contributed by atoms with Gasteiger partial charge in [0.15, 0.2) is 0 Å². The minimum Gasteiger partial charge on any atom is -0.460 e. The predicted molar refractivity (Wildman–Crippen MR) is 82.4 cm³/mol. The molecular formula is C13H15O8PS. The summed E-state index contributed by atoms with van der Waals surface area (Å²) >= 11 is 0. The van der Waals surface area contributed by atoms with Crippen LogP contribution in [-0.4, -0.2) is 32.5 Å². The third kappa shape index (κ3) is 8.44. The van der Waals surface area contributed by atoms with Crippen molar-refractivity contribution in [3.8, 4) is 0 Å². The highest BCUT2D eigenvalue weighted by Gasteiger charge is 2.28. The van der Waals surface area contributed by atoms with Crippen molar-refractivity contribution < 1.29 is 35.9 Å². The van der Waals surface area contributed by atoms with Crippen LogP contribution in [0, 0.1) is 0 Å². The van der Waals surface area contributed by atoms with Gasteiger partial charge >= 0.3 is 13.8 Å². The second kappa shape index (κ2) is 8.76. The molecule has 0 spiro atoms. The Hall–Kier alpha value is -1.77. The van der Waals surface area contributed by atoms with Crippen LogP contribution >= 0.6 is 7.82 Å². The van der Waals surface area contributed by atoms with E-state index < -0.39 is 30.5 Å². The molecule has 0 saturated carbocycles. The third-order valence-electron chi connectivity index (χ3n) is 2.17. The average Bonchev–Trinajstić information content (AvgIpc) is 2.49. The molecule has 0 heterocycles. The van der Waals surface area contributed by atoms with Crippen molar-refractivity contribution in [3.63, 3.8) is 0 Å². The molecule has 0 aliphatic rings. The lowest BCUT2D eigenvalue weighted by atomic mass is 10.2. The summed E-state index contributed by atoms with van der Waals surface area (Å²) in [6.45, 7) is 2.27. The second-order valence-corrected chi connectivity index (χ2v) is 7.00. The Morgan fingerprint density at radius 3 is 2.52 bits per heavy atom. The summed E-state index contributed by atoms with van der Waals surface area (Å²) < 4.78 is 47.6. The van der Waals surface area contributed by atoms with Gasteiger partial charge in [-0.05, 0) is 11.6 Å². The van der Waals surface area contributed by atoms with Crippen LogP contribution in [0.4, 0.5) is 0 Å². The Morgan fingerprint density at radius 2 is 1.91 bits per heavy atom. The van der Waals surface area contributed by atoms with Crippen LogP contribution < -0.4 is 0 Å². The monoisotopic (exact) mass is 362 g/mol. The number of ether oxygens (including phenoxy) is 1. The van der Waals surface area contributed by atoms with Crippen molar-refractivity contribution in [2.45, 2.75) is 0 Å². The summed E-state index contributed by atoms with van der Waals surface area (Å²) in [7, 11) is -9.30. The fourth-order valence-corrected chi connectivity index (χ4v) is 3.31. The fourth-order valence-electron chi connectivity index (χ4n) is 1.26. The van der Waals surface area contributed by atoms with Gasteiger partial charge in [-0.3, -0.25) is 4.52 Å². The van der Waals surface area contributed by atoms with Crippen LogP contribution in [0.1, 0.15) is 5.56 Å². The molecule has 8 nitrogen and oxygen atoms in total. The SMILES string of the molecule is C=CC(=O)OCCOP(=O)(O)OS(=O)(=O)C=Cc1ccccc1. The molecule has 10 heteroatoms. The zero-order valence-electron chi connectivity index (χ0n) is 11.9. The van der Waals surface area contributed by atoms with Gasteiger partial charge in [-0.1, -0.05) is 36.9 Å². The fraction of sp³-hybridized carbons (Fsp3) is 0.154. The van der Waals surface area contributed by atoms with Gasteiger partial charge < -0.3 is 9.63 Å². The van der Waals surface area contributed by atoms with Gasteiger partial charge in [-0.15, -0.1) is 0 Å². The van der Waals surface area contributed by atoms with Gasteiger partial charge in [0.25, 0.3) is 10.1 Å². The molecule has 23 heavy (non-hydrogen) atoms. The number of hydrogen-bond donors (Lipinski definition) is 1. The first kappa shape index (κ1) is 19.3. The van der Waals surface area contributed by atoms with Crippen LogP contribution in [-0.2, 0) is 32.7 Å². The van der Waals surface area contributed by atoms with Crippen molar-refractivity contribution in [2.24, 2.45) is 0 Å². The molecule has 0 aliphatic heterocycles. The standard InChI is InChI=1S/C13H15O8PS/c1-2-13(14)19-9-10-20-22(15,16)21-23(17,18)11-8-12-6-4-3-5-7-12/h2-8,11H,1,9-10H2,(H,15,16). The van der Waals surface area contributed by atoms with E-state index in [9.17, 15) is 22.7 Å². The van der Waals surface area contributed by atoms with E-state index in [2.05, 4.69) is 19.8 Å². The molecule has 126 valence electrons. The van der Waals surface area contributed by atoms with E-state index in [1.165, 1.54) is 6.08 Å². The first-order chi connectivity index (χ1) is 10.7. The van der Waals surface area contributed by atoms with E-state index in [0.29, 0.717) is 11.0 Å². The quantitative estimate of drug-likeness (QED) is 0.306. The molecule has 1 aromatic carbocycles. The largest absolute Gasteiger partial charge is 0.487 e. The zero-order chi connectivity index (χ0) is 17.3. The Morgan fingerprint density at radius 1 is 1.26 bits per heavy atom. The molecule has 0 amide bonds. The number of benzene rings is 1. The number of hydrogen-bond acceptors (Lipinski definition) is 7. The van der Waals surface area contributed by atoms with Gasteiger partial charge in [-0.2, -0.15) is 12.4 Å². The number of carbonyl (C=O) groups is 1. The third-order valence-corrected chi connectivity index (χ3v) is 4.74. The first-order valence-corrected chi connectivity index (χ1v) is 9.17. The molecule has 0 saturated heterocycles. The minimum absolute atomic E-state index is 0.362. The summed E-state index contributed by atoms with van der Waals surface area (Å²) in [5.41, 5.74) is 0.560. The van der Waals surface area contributed by atoms with Gasteiger partial charge in [0.1, 0.15) is 6.61 Å². The van der Waals surface area contributed by atoms with E-state index >= 15 is 0 Å². The van der Waals surface area contributed by atoms with Crippen LogP contribution in [0.5, 0.6) is 0 Å². The van der Waals surface area contributed by atoms with Crippen molar-refractivity contribution in [2.75, 3.05) is 13.2 Å². The molecule has 1 unspecified atom stereocenters. The Kier molecular flexibility index (Phi) is 7.34. The van der Waals surface area contributed by atoms with Gasteiger partial charge in [0.2, 0.25) is 0 Å². The Labute approximate surface area is 133 Å². The molecule has 1 N–H and O–H groups in total. The summed E-state index contributed by atoms with van der Waals surface area (Å²) in [5, 5.41) is 0.631. The van der Waals surface area contributed by atoms with E-state index in [4.69, 9.17) is 0 Å². The lowest BCUT2D eigenvalue weighted by Gasteiger charge is -2.10. The second-order valence-electron chi connectivity index (χ2n) is 3.95.